The lowest BCUT2D eigenvalue weighted by Gasteiger charge is -2.31. The molecule has 2 aromatic rings. The highest BCUT2D eigenvalue weighted by molar-refractivity contribution is 7.98. The molecule has 0 saturated carbocycles. The Balaban J connectivity index is 1.49. The first-order valence-corrected chi connectivity index (χ1v) is 12.1. The molecule has 1 aromatic carbocycles. The van der Waals surface area contributed by atoms with Crippen molar-refractivity contribution in [1.29, 1.82) is 0 Å². The van der Waals surface area contributed by atoms with E-state index in [1.165, 1.54) is 23.5 Å². The third-order valence-electron chi connectivity index (χ3n) is 4.82. The van der Waals surface area contributed by atoms with Gasteiger partial charge in [0.25, 0.3) is 0 Å². The minimum Gasteiger partial charge on any atom is -0.497 e. The molecule has 0 radical (unpaired) electrons. The lowest BCUT2D eigenvalue weighted by molar-refractivity contribution is -0.125. The van der Waals surface area contributed by atoms with Gasteiger partial charge < -0.3 is 14.5 Å². The van der Waals surface area contributed by atoms with Gasteiger partial charge in [-0.3, -0.25) is 4.79 Å². The standard InChI is InChI=1S/C20H26N2O5S2/c1-26-17-6-8-19(9-7-17)29(24,25)22-11-2-4-16(14-22)20(23)21-10-13-28-15-18-5-3-12-27-18/h3,5-9,12,16H,2,4,10-11,13-15H2,1H3,(H,21,23)/t16-/m1/s1. The van der Waals surface area contributed by atoms with E-state index in [1.54, 1.807) is 30.2 Å². The molecule has 1 amide bonds. The smallest absolute Gasteiger partial charge is 0.243 e. The summed E-state index contributed by atoms with van der Waals surface area (Å²) in [5.74, 6) is 2.63. The van der Waals surface area contributed by atoms with Crippen LogP contribution in [0.5, 0.6) is 5.75 Å². The number of sulfonamides is 1. The van der Waals surface area contributed by atoms with E-state index in [1.807, 2.05) is 12.1 Å². The summed E-state index contributed by atoms with van der Waals surface area (Å²) < 4.78 is 37.6. The SMILES string of the molecule is COc1ccc(S(=O)(=O)N2CCC[C@@H](C(=O)NCCSCc3ccco3)C2)cc1. The number of piperidine rings is 1. The Kier molecular flexibility index (Phi) is 7.63. The topological polar surface area (TPSA) is 88.9 Å². The number of carbonyl (C=O) groups excluding carboxylic acids is 1. The minimum atomic E-state index is -3.62. The first-order valence-electron chi connectivity index (χ1n) is 9.53. The summed E-state index contributed by atoms with van der Waals surface area (Å²) in [4.78, 5) is 12.7. The molecule has 9 heteroatoms. The summed E-state index contributed by atoms with van der Waals surface area (Å²) in [5, 5.41) is 2.93. The van der Waals surface area contributed by atoms with Gasteiger partial charge in [-0.1, -0.05) is 0 Å². The van der Waals surface area contributed by atoms with Gasteiger partial charge in [-0.2, -0.15) is 16.1 Å². The van der Waals surface area contributed by atoms with Crippen LogP contribution in [-0.2, 0) is 20.6 Å². The van der Waals surface area contributed by atoms with E-state index in [4.69, 9.17) is 9.15 Å². The number of thioether (sulfide) groups is 1. The first-order chi connectivity index (χ1) is 14.0. The fourth-order valence-electron chi connectivity index (χ4n) is 3.23. The van der Waals surface area contributed by atoms with Crippen molar-refractivity contribution >= 4 is 27.7 Å². The van der Waals surface area contributed by atoms with Crippen LogP contribution < -0.4 is 10.1 Å². The molecule has 29 heavy (non-hydrogen) atoms. The molecule has 2 heterocycles. The normalized spacial score (nSPS) is 17.8. The van der Waals surface area contributed by atoms with Crippen LogP contribution >= 0.6 is 11.8 Å². The molecule has 0 unspecified atom stereocenters. The number of nitrogens with zero attached hydrogens (tertiary/aromatic N) is 1. The van der Waals surface area contributed by atoms with Crippen molar-refractivity contribution in [2.75, 3.05) is 32.5 Å². The Morgan fingerprint density at radius 1 is 1.31 bits per heavy atom. The van der Waals surface area contributed by atoms with Crippen molar-refractivity contribution in [2.45, 2.75) is 23.5 Å². The quantitative estimate of drug-likeness (QED) is 0.606. The highest BCUT2D eigenvalue weighted by Gasteiger charge is 2.33. The zero-order valence-corrected chi connectivity index (χ0v) is 18.0. The number of hydrogen-bond acceptors (Lipinski definition) is 6. The first kappa shape index (κ1) is 21.7. The molecule has 0 spiro atoms. The molecule has 158 valence electrons. The largest absolute Gasteiger partial charge is 0.497 e. The number of hydrogen-bond donors (Lipinski definition) is 1. The molecule has 1 atom stereocenters. The Morgan fingerprint density at radius 2 is 2.10 bits per heavy atom. The van der Waals surface area contributed by atoms with Crippen molar-refractivity contribution < 1.29 is 22.4 Å². The number of rotatable bonds is 9. The zero-order chi connectivity index (χ0) is 20.7. The number of amides is 1. The van der Waals surface area contributed by atoms with Crippen LogP contribution in [0.1, 0.15) is 18.6 Å². The predicted octanol–water partition coefficient (Wildman–Crippen LogP) is 2.74. The summed E-state index contributed by atoms with van der Waals surface area (Å²) in [6, 6.07) is 10.1. The number of furan rings is 1. The maximum Gasteiger partial charge on any atom is 0.243 e. The average Bonchev–Trinajstić information content (AvgIpc) is 3.27. The van der Waals surface area contributed by atoms with Crippen LogP contribution in [-0.4, -0.2) is 51.1 Å². The monoisotopic (exact) mass is 438 g/mol. The van der Waals surface area contributed by atoms with Crippen LogP contribution in [0.15, 0.2) is 52.0 Å². The summed E-state index contributed by atoms with van der Waals surface area (Å²) >= 11 is 1.68. The number of nitrogens with one attached hydrogen (secondary N) is 1. The maximum atomic E-state index is 12.9. The molecule has 0 aliphatic carbocycles. The van der Waals surface area contributed by atoms with E-state index in [0.29, 0.717) is 31.7 Å². The Labute approximate surface area is 175 Å². The van der Waals surface area contributed by atoms with Crippen molar-refractivity contribution in [3.8, 4) is 5.75 Å². The average molecular weight is 439 g/mol. The molecular weight excluding hydrogens is 412 g/mol. The van der Waals surface area contributed by atoms with Gasteiger partial charge >= 0.3 is 0 Å². The van der Waals surface area contributed by atoms with Crippen LogP contribution in [0.3, 0.4) is 0 Å². The molecule has 0 bridgehead atoms. The van der Waals surface area contributed by atoms with Gasteiger partial charge in [0.2, 0.25) is 15.9 Å². The minimum absolute atomic E-state index is 0.0850. The van der Waals surface area contributed by atoms with Gasteiger partial charge in [-0.05, 0) is 49.2 Å². The van der Waals surface area contributed by atoms with Crippen molar-refractivity contribution in [3.63, 3.8) is 0 Å². The molecule has 7 nitrogen and oxygen atoms in total. The molecule has 3 rings (SSSR count). The second-order valence-electron chi connectivity index (χ2n) is 6.80. The highest BCUT2D eigenvalue weighted by atomic mass is 32.2. The summed E-state index contributed by atoms with van der Waals surface area (Å²) in [6.45, 7) is 1.18. The van der Waals surface area contributed by atoms with Gasteiger partial charge in [0.15, 0.2) is 0 Å². The van der Waals surface area contributed by atoms with Crippen LogP contribution in [0.2, 0.25) is 0 Å². The van der Waals surface area contributed by atoms with E-state index in [0.717, 1.165) is 17.3 Å². The number of ether oxygens (including phenoxy) is 1. The van der Waals surface area contributed by atoms with Crippen LogP contribution in [0.4, 0.5) is 0 Å². The van der Waals surface area contributed by atoms with Crippen molar-refractivity contribution in [2.24, 2.45) is 5.92 Å². The zero-order valence-electron chi connectivity index (χ0n) is 16.4. The van der Waals surface area contributed by atoms with Gasteiger partial charge in [0.1, 0.15) is 11.5 Å². The molecule has 1 aliphatic rings. The fourth-order valence-corrected chi connectivity index (χ4v) is 5.51. The Morgan fingerprint density at radius 3 is 2.79 bits per heavy atom. The predicted molar refractivity (Wildman–Crippen MR) is 112 cm³/mol. The lowest BCUT2D eigenvalue weighted by Crippen LogP contribution is -2.45. The van der Waals surface area contributed by atoms with Gasteiger partial charge in [0.05, 0.1) is 29.9 Å². The summed E-state index contributed by atoms with van der Waals surface area (Å²) in [5.41, 5.74) is 0. The van der Waals surface area contributed by atoms with Crippen molar-refractivity contribution in [1.82, 2.24) is 9.62 Å². The van der Waals surface area contributed by atoms with E-state index >= 15 is 0 Å². The Bertz CT molecular complexity index is 882. The van der Waals surface area contributed by atoms with E-state index < -0.39 is 10.0 Å². The number of methoxy groups -OCH3 is 1. The third kappa shape index (κ3) is 5.77. The Hall–Kier alpha value is -1.97. The molecule has 1 aliphatic heterocycles. The van der Waals surface area contributed by atoms with Gasteiger partial charge in [-0.25, -0.2) is 8.42 Å². The van der Waals surface area contributed by atoms with Gasteiger partial charge in [-0.15, -0.1) is 0 Å². The van der Waals surface area contributed by atoms with Crippen molar-refractivity contribution in [3.05, 3.63) is 48.4 Å². The van der Waals surface area contributed by atoms with E-state index in [2.05, 4.69) is 5.32 Å². The highest BCUT2D eigenvalue weighted by Crippen LogP contribution is 2.25. The van der Waals surface area contributed by atoms with Crippen LogP contribution in [0.25, 0.3) is 0 Å². The third-order valence-corrected chi connectivity index (χ3v) is 7.68. The van der Waals surface area contributed by atoms with E-state index in [9.17, 15) is 13.2 Å². The molecule has 1 fully saturated rings. The second-order valence-corrected chi connectivity index (χ2v) is 9.84. The molecule has 1 aromatic heterocycles. The molecule has 1 N–H and O–H groups in total. The number of benzene rings is 1. The molecular formula is C20H26N2O5S2. The summed E-state index contributed by atoms with van der Waals surface area (Å²) in [6.07, 6.45) is 3.01. The molecule has 1 saturated heterocycles. The summed E-state index contributed by atoms with van der Waals surface area (Å²) in [7, 11) is -2.09. The van der Waals surface area contributed by atoms with Crippen LogP contribution in [0, 0.1) is 5.92 Å². The second kappa shape index (κ2) is 10.2. The van der Waals surface area contributed by atoms with Gasteiger partial charge in [0, 0.05) is 25.4 Å². The number of carbonyl (C=O) groups is 1. The maximum absolute atomic E-state index is 12.9. The fraction of sp³-hybridized carbons (Fsp3) is 0.450. The lowest BCUT2D eigenvalue weighted by atomic mass is 9.99. The van der Waals surface area contributed by atoms with E-state index in [-0.39, 0.29) is 23.3 Å².